The molecule has 110 valence electrons. The first-order chi connectivity index (χ1) is 9.56. The zero-order valence-corrected chi connectivity index (χ0v) is 13.0. The highest BCUT2D eigenvalue weighted by molar-refractivity contribution is 7.93. The maximum absolute atomic E-state index is 12.2. The maximum atomic E-state index is 12.2. The Morgan fingerprint density at radius 2 is 2.20 bits per heavy atom. The number of nitrogens with zero attached hydrogens (tertiary/aromatic N) is 3. The molecule has 9 heteroatoms. The van der Waals surface area contributed by atoms with Gasteiger partial charge in [0.15, 0.2) is 0 Å². The molecule has 0 aromatic carbocycles. The van der Waals surface area contributed by atoms with Gasteiger partial charge in [-0.1, -0.05) is 18.3 Å². The number of aryl methyl sites for hydroxylation is 1. The Labute approximate surface area is 122 Å². The van der Waals surface area contributed by atoms with Crippen molar-refractivity contribution in [2.24, 2.45) is 0 Å². The lowest BCUT2D eigenvalue weighted by Crippen LogP contribution is -2.14. The molecular weight excluding hydrogens is 298 g/mol. The van der Waals surface area contributed by atoms with Crippen LogP contribution in [-0.4, -0.2) is 29.7 Å². The van der Waals surface area contributed by atoms with Gasteiger partial charge in [0.1, 0.15) is 10.4 Å². The Hall–Kier alpha value is -1.45. The second-order valence-electron chi connectivity index (χ2n) is 4.08. The molecule has 20 heavy (non-hydrogen) atoms. The van der Waals surface area contributed by atoms with Gasteiger partial charge in [-0.15, -0.1) is 10.2 Å². The van der Waals surface area contributed by atoms with E-state index in [0.29, 0.717) is 6.54 Å². The van der Waals surface area contributed by atoms with Gasteiger partial charge in [0.2, 0.25) is 5.13 Å². The summed E-state index contributed by atoms with van der Waals surface area (Å²) in [4.78, 5) is 0.238. The predicted octanol–water partition coefficient (Wildman–Crippen LogP) is 1.27. The minimum absolute atomic E-state index is 0.238. The normalized spacial score (nSPS) is 11.7. The lowest BCUT2D eigenvalue weighted by molar-refractivity contribution is 0.600. The van der Waals surface area contributed by atoms with Crippen molar-refractivity contribution in [2.75, 3.05) is 11.3 Å². The average Bonchev–Trinajstić information content (AvgIpc) is 3.04. The molecule has 0 bridgehead atoms. The van der Waals surface area contributed by atoms with Crippen molar-refractivity contribution < 1.29 is 8.42 Å². The highest BCUT2D eigenvalue weighted by atomic mass is 32.2. The van der Waals surface area contributed by atoms with Crippen LogP contribution >= 0.6 is 11.3 Å². The summed E-state index contributed by atoms with van der Waals surface area (Å²) in [7, 11) is -3.61. The Morgan fingerprint density at radius 3 is 2.80 bits per heavy atom. The predicted molar refractivity (Wildman–Crippen MR) is 78.2 cm³/mol. The first kappa shape index (κ1) is 14.9. The van der Waals surface area contributed by atoms with E-state index in [0.717, 1.165) is 30.1 Å². The minimum Gasteiger partial charge on any atom is -0.349 e. The van der Waals surface area contributed by atoms with Crippen molar-refractivity contribution in [1.82, 2.24) is 20.1 Å². The van der Waals surface area contributed by atoms with Crippen molar-refractivity contribution >= 4 is 26.5 Å². The molecule has 2 rings (SSSR count). The minimum atomic E-state index is -3.61. The molecule has 0 amide bonds. The third-order valence-electron chi connectivity index (χ3n) is 2.75. The molecule has 0 saturated heterocycles. The number of sulfonamides is 1. The summed E-state index contributed by atoms with van der Waals surface area (Å²) in [5.41, 5.74) is 2.41. The van der Waals surface area contributed by atoms with E-state index in [1.165, 1.54) is 5.51 Å². The number of hydrogen-bond donors (Lipinski definition) is 2. The summed E-state index contributed by atoms with van der Waals surface area (Å²) in [6, 6.07) is 1.68. The number of aromatic nitrogens is 3. The maximum Gasteiger partial charge on any atom is 0.265 e. The van der Waals surface area contributed by atoms with Crippen LogP contribution in [0.3, 0.4) is 0 Å². The van der Waals surface area contributed by atoms with Gasteiger partial charge in [-0.05, 0) is 19.5 Å². The molecule has 7 nitrogen and oxygen atoms in total. The van der Waals surface area contributed by atoms with E-state index < -0.39 is 10.0 Å². The van der Waals surface area contributed by atoms with E-state index in [9.17, 15) is 8.42 Å². The zero-order valence-electron chi connectivity index (χ0n) is 11.3. The largest absolute Gasteiger partial charge is 0.349 e. The van der Waals surface area contributed by atoms with Crippen LogP contribution in [0, 0.1) is 0 Å². The lowest BCUT2D eigenvalue weighted by atomic mass is 10.4. The van der Waals surface area contributed by atoms with Crippen LogP contribution in [0.2, 0.25) is 0 Å². The van der Waals surface area contributed by atoms with Crippen LogP contribution in [-0.2, 0) is 23.1 Å². The number of rotatable bonds is 7. The lowest BCUT2D eigenvalue weighted by Gasteiger charge is -2.05. The molecule has 0 aliphatic carbocycles. The molecule has 0 aliphatic heterocycles. The van der Waals surface area contributed by atoms with E-state index in [4.69, 9.17) is 0 Å². The monoisotopic (exact) mass is 315 g/mol. The molecule has 0 unspecified atom stereocenters. The van der Waals surface area contributed by atoms with E-state index in [1.807, 2.05) is 18.4 Å². The molecule has 0 aliphatic rings. The van der Waals surface area contributed by atoms with Gasteiger partial charge in [-0.25, -0.2) is 8.42 Å². The van der Waals surface area contributed by atoms with Gasteiger partial charge in [0.25, 0.3) is 10.0 Å². The molecule has 2 heterocycles. The molecule has 0 radical (unpaired) electrons. The summed E-state index contributed by atoms with van der Waals surface area (Å²) in [5, 5.41) is 10.8. The molecule has 2 aromatic rings. The summed E-state index contributed by atoms with van der Waals surface area (Å²) in [5.74, 6) is 0. The van der Waals surface area contributed by atoms with Crippen LogP contribution in [0.5, 0.6) is 0 Å². The molecule has 0 spiro atoms. The van der Waals surface area contributed by atoms with Crippen LogP contribution < -0.4 is 10.0 Å². The van der Waals surface area contributed by atoms with Crippen molar-refractivity contribution in [2.45, 2.75) is 31.8 Å². The molecule has 2 N–H and O–H groups in total. The van der Waals surface area contributed by atoms with Gasteiger partial charge < -0.3 is 9.88 Å². The summed E-state index contributed by atoms with van der Waals surface area (Å²) >= 11 is 1.14. The number of anilines is 1. The van der Waals surface area contributed by atoms with Crippen molar-refractivity contribution in [3.05, 3.63) is 23.5 Å². The Bertz CT molecular complexity index is 648. The van der Waals surface area contributed by atoms with Crippen molar-refractivity contribution in [3.8, 4) is 0 Å². The average molecular weight is 315 g/mol. The number of nitrogens with one attached hydrogen (secondary N) is 2. The zero-order chi connectivity index (χ0) is 14.6. The van der Waals surface area contributed by atoms with E-state index >= 15 is 0 Å². The Kier molecular flexibility index (Phi) is 4.73. The molecular formula is C11H17N5O2S2. The second-order valence-corrected chi connectivity index (χ2v) is 6.60. The van der Waals surface area contributed by atoms with E-state index in [2.05, 4.69) is 20.2 Å². The van der Waals surface area contributed by atoms with Gasteiger partial charge in [0.05, 0.1) is 0 Å². The topological polar surface area (TPSA) is 88.9 Å². The van der Waals surface area contributed by atoms with E-state index in [-0.39, 0.29) is 10.0 Å². The van der Waals surface area contributed by atoms with E-state index in [1.54, 1.807) is 12.3 Å². The Balaban J connectivity index is 2.25. The molecule has 0 fully saturated rings. The molecule has 2 aromatic heterocycles. The fraction of sp³-hybridized carbons (Fsp3) is 0.455. The second kappa shape index (κ2) is 6.33. The fourth-order valence-corrected chi connectivity index (χ4v) is 3.52. The Morgan fingerprint density at radius 1 is 1.40 bits per heavy atom. The smallest absolute Gasteiger partial charge is 0.265 e. The van der Waals surface area contributed by atoms with Crippen LogP contribution in [0.1, 0.15) is 19.5 Å². The highest BCUT2D eigenvalue weighted by Crippen LogP contribution is 2.19. The van der Waals surface area contributed by atoms with Crippen molar-refractivity contribution in [1.29, 1.82) is 0 Å². The number of hydrogen-bond acceptors (Lipinski definition) is 6. The SMILES string of the molecule is CCNCc1cc(S(=O)(=O)Nc2nncs2)cn1CC. The van der Waals surface area contributed by atoms with Crippen LogP contribution in [0.25, 0.3) is 0 Å². The third-order valence-corrected chi connectivity index (χ3v) is 4.79. The van der Waals surface area contributed by atoms with Gasteiger partial charge in [-0.3, -0.25) is 4.72 Å². The first-order valence-corrected chi connectivity index (χ1v) is 8.61. The molecule has 0 atom stereocenters. The van der Waals surface area contributed by atoms with Crippen LogP contribution in [0.15, 0.2) is 22.7 Å². The van der Waals surface area contributed by atoms with Gasteiger partial charge in [0, 0.05) is 25.0 Å². The van der Waals surface area contributed by atoms with Gasteiger partial charge in [-0.2, -0.15) is 0 Å². The first-order valence-electron chi connectivity index (χ1n) is 6.25. The third kappa shape index (κ3) is 3.35. The summed E-state index contributed by atoms with van der Waals surface area (Å²) in [6.45, 7) is 6.17. The van der Waals surface area contributed by atoms with Crippen molar-refractivity contribution in [3.63, 3.8) is 0 Å². The highest BCUT2D eigenvalue weighted by Gasteiger charge is 2.19. The fourth-order valence-electron chi connectivity index (χ4n) is 1.76. The standard InChI is InChI=1S/C11H17N5O2S2/c1-3-12-6-9-5-10(7-16(9)4-2)20(17,18)15-11-14-13-8-19-11/h5,7-8,12H,3-4,6H2,1-2H3,(H,14,15). The summed E-state index contributed by atoms with van der Waals surface area (Å²) in [6.07, 6.45) is 1.63. The molecule has 0 saturated carbocycles. The summed E-state index contributed by atoms with van der Waals surface area (Å²) < 4.78 is 28.8. The quantitative estimate of drug-likeness (QED) is 0.803. The van der Waals surface area contributed by atoms with Gasteiger partial charge >= 0.3 is 0 Å². The van der Waals surface area contributed by atoms with Crippen LogP contribution in [0.4, 0.5) is 5.13 Å².